The summed E-state index contributed by atoms with van der Waals surface area (Å²) in [5.74, 6) is 0. The molecule has 0 aromatic heterocycles. The molecule has 2 saturated heterocycles. The minimum absolute atomic E-state index is 0. The number of halogens is 1. The standard InChI is InChI=1S/C14H18N4.ClH/c1-9-3-4-10(2)13-11(9)5-6-12(13)16-18-14-15-7-8-17(14)18;/h3-4,14-15H,5-8H2,1-2H3;1H. The molecule has 2 fully saturated rings. The van der Waals surface area contributed by atoms with Crippen molar-refractivity contribution < 1.29 is 0 Å². The van der Waals surface area contributed by atoms with Crippen molar-refractivity contribution in [1.29, 1.82) is 0 Å². The molecule has 19 heavy (non-hydrogen) atoms. The van der Waals surface area contributed by atoms with Crippen LogP contribution < -0.4 is 5.32 Å². The summed E-state index contributed by atoms with van der Waals surface area (Å²) in [6, 6.07) is 4.45. The molecule has 1 aliphatic carbocycles. The fourth-order valence-corrected chi connectivity index (χ4v) is 3.21. The summed E-state index contributed by atoms with van der Waals surface area (Å²) in [6.07, 6.45) is 2.60. The molecule has 102 valence electrons. The Bertz CT molecular complexity index is 545. The summed E-state index contributed by atoms with van der Waals surface area (Å²) in [6.45, 7) is 6.57. The molecule has 2 aliphatic heterocycles. The third-order valence-corrected chi connectivity index (χ3v) is 4.26. The van der Waals surface area contributed by atoms with Gasteiger partial charge < -0.3 is 0 Å². The van der Waals surface area contributed by atoms with Gasteiger partial charge in [0.05, 0.1) is 5.71 Å². The number of hydrazone groups is 1. The third kappa shape index (κ3) is 1.86. The summed E-state index contributed by atoms with van der Waals surface area (Å²) >= 11 is 0. The zero-order chi connectivity index (χ0) is 12.3. The van der Waals surface area contributed by atoms with Gasteiger partial charge in [0.2, 0.25) is 0 Å². The van der Waals surface area contributed by atoms with Crippen LogP contribution in [0.4, 0.5) is 0 Å². The minimum atomic E-state index is 0. The Hall–Kier alpha value is -1.10. The van der Waals surface area contributed by atoms with Gasteiger partial charge in [-0.3, -0.25) is 5.32 Å². The number of hydrazine groups is 1. The van der Waals surface area contributed by atoms with Gasteiger partial charge >= 0.3 is 0 Å². The highest BCUT2D eigenvalue weighted by Crippen LogP contribution is 2.33. The molecule has 0 bridgehead atoms. The average Bonchev–Trinajstić information content (AvgIpc) is 2.77. The van der Waals surface area contributed by atoms with Gasteiger partial charge in [-0.05, 0) is 43.4 Å². The minimum Gasteiger partial charge on any atom is -0.279 e. The summed E-state index contributed by atoms with van der Waals surface area (Å²) in [5.41, 5.74) is 6.94. The molecule has 1 aromatic rings. The predicted molar refractivity (Wildman–Crippen MR) is 78.4 cm³/mol. The highest BCUT2D eigenvalue weighted by molar-refractivity contribution is 6.05. The smallest absolute Gasteiger partial charge is 0.188 e. The molecule has 4 rings (SSSR count). The maximum Gasteiger partial charge on any atom is 0.188 e. The number of hydrogen-bond donors (Lipinski definition) is 1. The van der Waals surface area contributed by atoms with Crippen molar-refractivity contribution in [3.8, 4) is 0 Å². The van der Waals surface area contributed by atoms with Crippen molar-refractivity contribution in [3.05, 3.63) is 34.4 Å². The molecule has 3 aliphatic rings. The van der Waals surface area contributed by atoms with Gasteiger partial charge in [0.15, 0.2) is 6.29 Å². The number of benzene rings is 1. The fraction of sp³-hybridized carbons (Fsp3) is 0.500. The normalized spacial score (nSPS) is 29.2. The van der Waals surface area contributed by atoms with E-state index in [1.807, 2.05) is 0 Å². The van der Waals surface area contributed by atoms with Crippen molar-refractivity contribution in [1.82, 2.24) is 15.4 Å². The maximum absolute atomic E-state index is 4.83. The van der Waals surface area contributed by atoms with Crippen LogP contribution in [0.25, 0.3) is 0 Å². The van der Waals surface area contributed by atoms with Gasteiger partial charge in [0, 0.05) is 18.7 Å². The van der Waals surface area contributed by atoms with Crippen molar-refractivity contribution in [2.45, 2.75) is 33.0 Å². The summed E-state index contributed by atoms with van der Waals surface area (Å²) in [7, 11) is 0. The number of fused-ring (bicyclic) bond motifs is 2. The molecule has 0 spiro atoms. The van der Waals surface area contributed by atoms with Crippen molar-refractivity contribution in [3.63, 3.8) is 0 Å². The van der Waals surface area contributed by atoms with Crippen LogP contribution >= 0.6 is 12.4 Å². The first-order chi connectivity index (χ1) is 8.75. The van der Waals surface area contributed by atoms with E-state index in [1.165, 1.54) is 28.0 Å². The fourth-order valence-electron chi connectivity index (χ4n) is 3.21. The molecule has 2 heterocycles. The van der Waals surface area contributed by atoms with Gasteiger partial charge in [-0.15, -0.1) is 12.4 Å². The van der Waals surface area contributed by atoms with Crippen LogP contribution in [0.5, 0.6) is 0 Å². The third-order valence-electron chi connectivity index (χ3n) is 4.26. The molecule has 1 N–H and O–H groups in total. The quantitative estimate of drug-likeness (QED) is 0.795. The molecule has 4 nitrogen and oxygen atoms in total. The highest BCUT2D eigenvalue weighted by atomic mass is 35.5. The highest BCUT2D eigenvalue weighted by Gasteiger charge is 2.49. The van der Waals surface area contributed by atoms with Crippen molar-refractivity contribution in [2.24, 2.45) is 5.10 Å². The Labute approximate surface area is 119 Å². The van der Waals surface area contributed by atoms with Crippen LogP contribution in [-0.2, 0) is 6.42 Å². The van der Waals surface area contributed by atoms with E-state index >= 15 is 0 Å². The van der Waals surface area contributed by atoms with E-state index in [4.69, 9.17) is 5.10 Å². The Morgan fingerprint density at radius 2 is 2.00 bits per heavy atom. The number of hydrogen-bond acceptors (Lipinski definition) is 4. The van der Waals surface area contributed by atoms with E-state index in [0.29, 0.717) is 6.29 Å². The second-order valence-corrected chi connectivity index (χ2v) is 5.41. The molecule has 1 aromatic carbocycles. The number of rotatable bonds is 1. The number of nitrogens with zero attached hydrogens (tertiary/aromatic N) is 3. The summed E-state index contributed by atoms with van der Waals surface area (Å²) in [5, 5.41) is 12.6. The molecule has 0 saturated carbocycles. The van der Waals surface area contributed by atoms with Crippen LogP contribution in [0.15, 0.2) is 17.2 Å². The topological polar surface area (TPSA) is 30.4 Å². The van der Waals surface area contributed by atoms with E-state index in [0.717, 1.165) is 25.9 Å². The molecule has 2 unspecified atom stereocenters. The van der Waals surface area contributed by atoms with Crippen LogP contribution in [-0.4, -0.2) is 35.2 Å². The molecule has 0 radical (unpaired) electrons. The van der Waals surface area contributed by atoms with Crippen molar-refractivity contribution in [2.75, 3.05) is 13.1 Å². The SMILES string of the molecule is Cc1ccc(C)c2c1CCC2=NN1C2NCCN21.Cl. The van der Waals surface area contributed by atoms with Crippen LogP contribution in [0.1, 0.15) is 28.7 Å². The number of nitrogens with one attached hydrogen (secondary N) is 1. The van der Waals surface area contributed by atoms with Crippen LogP contribution in [0.3, 0.4) is 0 Å². The molecule has 5 heteroatoms. The molecular formula is C14H19ClN4. The predicted octanol–water partition coefficient (Wildman–Crippen LogP) is 1.79. The maximum atomic E-state index is 4.83. The number of aryl methyl sites for hydroxylation is 2. The summed E-state index contributed by atoms with van der Waals surface area (Å²) in [4.78, 5) is 0. The lowest BCUT2D eigenvalue weighted by Crippen LogP contribution is -2.21. The molecular weight excluding hydrogens is 260 g/mol. The van der Waals surface area contributed by atoms with Gasteiger partial charge in [-0.1, -0.05) is 12.1 Å². The van der Waals surface area contributed by atoms with Gasteiger partial charge in [0.1, 0.15) is 0 Å². The van der Waals surface area contributed by atoms with E-state index in [9.17, 15) is 0 Å². The Morgan fingerprint density at radius 1 is 1.21 bits per heavy atom. The average molecular weight is 279 g/mol. The van der Waals surface area contributed by atoms with Crippen LogP contribution in [0, 0.1) is 13.8 Å². The summed E-state index contributed by atoms with van der Waals surface area (Å²) < 4.78 is 0. The monoisotopic (exact) mass is 278 g/mol. The van der Waals surface area contributed by atoms with E-state index in [1.54, 1.807) is 0 Å². The van der Waals surface area contributed by atoms with Gasteiger partial charge in [0.25, 0.3) is 0 Å². The Kier molecular flexibility index (Phi) is 3.04. The van der Waals surface area contributed by atoms with Crippen molar-refractivity contribution >= 4 is 18.1 Å². The second kappa shape index (κ2) is 4.47. The van der Waals surface area contributed by atoms with Gasteiger partial charge in [-0.25, -0.2) is 0 Å². The Morgan fingerprint density at radius 3 is 2.74 bits per heavy atom. The zero-order valence-corrected chi connectivity index (χ0v) is 12.1. The zero-order valence-electron chi connectivity index (χ0n) is 11.3. The molecule has 2 atom stereocenters. The van der Waals surface area contributed by atoms with E-state index in [2.05, 4.69) is 41.4 Å². The van der Waals surface area contributed by atoms with E-state index in [-0.39, 0.29) is 12.4 Å². The largest absolute Gasteiger partial charge is 0.279 e. The first kappa shape index (κ1) is 12.9. The lowest BCUT2D eigenvalue weighted by Gasteiger charge is -2.08. The first-order valence-corrected chi connectivity index (χ1v) is 6.72. The van der Waals surface area contributed by atoms with Gasteiger partial charge in [-0.2, -0.15) is 15.2 Å². The first-order valence-electron chi connectivity index (χ1n) is 6.72. The lowest BCUT2D eigenvalue weighted by atomic mass is 9.99. The Balaban J connectivity index is 0.00000110. The van der Waals surface area contributed by atoms with Crippen LogP contribution in [0.2, 0.25) is 0 Å². The second-order valence-electron chi connectivity index (χ2n) is 5.41. The molecule has 0 amide bonds. The lowest BCUT2D eigenvalue weighted by molar-refractivity contribution is 0.314. The van der Waals surface area contributed by atoms with E-state index < -0.39 is 0 Å².